The highest BCUT2D eigenvalue weighted by Gasteiger charge is 2.41. The lowest BCUT2D eigenvalue weighted by Gasteiger charge is -2.36. The molecule has 0 N–H and O–H groups in total. The van der Waals surface area contributed by atoms with Crippen molar-refractivity contribution in [2.24, 2.45) is 0 Å². The van der Waals surface area contributed by atoms with Gasteiger partial charge in [-0.25, -0.2) is 4.98 Å². The minimum atomic E-state index is -1.69. The van der Waals surface area contributed by atoms with Gasteiger partial charge in [0.1, 0.15) is 0 Å². The number of thiazole rings is 1. The Bertz CT molecular complexity index is 551. The van der Waals surface area contributed by atoms with E-state index in [4.69, 9.17) is 18.9 Å². The molecule has 1 spiro atoms. The molecule has 0 aromatic carbocycles. The molecule has 1 aromatic heterocycles. The quantitative estimate of drug-likeness (QED) is 0.695. The molecule has 24 heavy (non-hydrogen) atoms. The number of aromatic nitrogens is 1. The summed E-state index contributed by atoms with van der Waals surface area (Å²) in [5, 5.41) is 1.51. The van der Waals surface area contributed by atoms with Crippen LogP contribution >= 0.6 is 11.3 Å². The fourth-order valence-electron chi connectivity index (χ4n) is 3.14. The van der Waals surface area contributed by atoms with E-state index in [1.54, 1.807) is 0 Å². The third-order valence-electron chi connectivity index (χ3n) is 5.86. The smallest absolute Gasteiger partial charge is 0.192 e. The van der Waals surface area contributed by atoms with Crippen molar-refractivity contribution in [1.29, 1.82) is 0 Å². The van der Waals surface area contributed by atoms with E-state index in [0.717, 1.165) is 38.9 Å². The molecule has 0 radical (unpaired) electrons. The molecule has 3 rings (SSSR count). The minimum absolute atomic E-state index is 0.249. The molecule has 136 valence electrons. The molecular formula is C18H31NO3SSi. The lowest BCUT2D eigenvalue weighted by atomic mass is 9.85. The molecule has 1 saturated carbocycles. The van der Waals surface area contributed by atoms with Gasteiger partial charge >= 0.3 is 0 Å². The van der Waals surface area contributed by atoms with Gasteiger partial charge in [-0.05, 0) is 31.0 Å². The molecule has 0 amide bonds. The Morgan fingerprint density at radius 3 is 2.46 bits per heavy atom. The van der Waals surface area contributed by atoms with Gasteiger partial charge in [-0.1, -0.05) is 20.8 Å². The average molecular weight is 370 g/mol. The molecule has 0 unspecified atom stereocenters. The molecule has 0 atom stereocenters. The highest BCUT2D eigenvalue weighted by molar-refractivity contribution is 7.11. The van der Waals surface area contributed by atoms with Crippen molar-refractivity contribution in [2.75, 3.05) is 13.2 Å². The van der Waals surface area contributed by atoms with Crippen molar-refractivity contribution < 1.29 is 13.9 Å². The Hall–Kier alpha value is -0.273. The van der Waals surface area contributed by atoms with Gasteiger partial charge in [0.2, 0.25) is 0 Å². The first-order valence-electron chi connectivity index (χ1n) is 9.07. The lowest BCUT2D eigenvalue weighted by Crippen LogP contribution is -2.40. The van der Waals surface area contributed by atoms with Crippen LogP contribution in [0.25, 0.3) is 0 Å². The monoisotopic (exact) mass is 369 g/mol. The summed E-state index contributed by atoms with van der Waals surface area (Å²) in [5.41, 5.74) is 0. The highest BCUT2D eigenvalue weighted by atomic mass is 32.1. The Morgan fingerprint density at radius 2 is 1.88 bits per heavy atom. The van der Waals surface area contributed by atoms with E-state index in [-0.39, 0.29) is 10.8 Å². The van der Waals surface area contributed by atoms with Crippen LogP contribution in [0.3, 0.4) is 0 Å². The summed E-state index contributed by atoms with van der Waals surface area (Å²) < 4.78 is 18.0. The van der Waals surface area contributed by atoms with E-state index in [1.165, 1.54) is 9.88 Å². The molecule has 0 bridgehead atoms. The summed E-state index contributed by atoms with van der Waals surface area (Å²) in [6.07, 6.45) is 6.21. The fourth-order valence-corrected chi connectivity index (χ4v) is 5.19. The summed E-state index contributed by atoms with van der Waals surface area (Å²) in [7, 11) is -1.69. The van der Waals surface area contributed by atoms with Crippen molar-refractivity contribution in [3.63, 3.8) is 0 Å². The summed E-state index contributed by atoms with van der Waals surface area (Å²) in [5.74, 6) is 0.275. The van der Waals surface area contributed by atoms with E-state index in [1.807, 2.05) is 17.5 Å². The number of hydrogen-bond donors (Lipinski definition) is 0. The van der Waals surface area contributed by atoms with Crippen molar-refractivity contribution in [3.05, 3.63) is 16.1 Å². The first-order valence-corrected chi connectivity index (χ1v) is 12.8. The molecule has 2 heterocycles. The number of hydrogen-bond acceptors (Lipinski definition) is 5. The highest BCUT2D eigenvalue weighted by Crippen LogP contribution is 2.43. The van der Waals surface area contributed by atoms with Gasteiger partial charge in [0.25, 0.3) is 0 Å². The molecular weight excluding hydrogens is 338 g/mol. The first kappa shape index (κ1) is 18.5. The Labute approximate surface area is 151 Å². The first-order chi connectivity index (χ1) is 11.2. The van der Waals surface area contributed by atoms with Gasteiger partial charge in [-0.3, -0.25) is 0 Å². The summed E-state index contributed by atoms with van der Waals surface area (Å²) in [4.78, 5) is 5.94. The molecule has 1 saturated heterocycles. The van der Waals surface area contributed by atoms with Gasteiger partial charge in [0.05, 0.1) is 24.8 Å². The van der Waals surface area contributed by atoms with E-state index >= 15 is 0 Å². The molecule has 2 fully saturated rings. The molecule has 4 nitrogen and oxygen atoms in total. The van der Waals surface area contributed by atoms with E-state index in [0.29, 0.717) is 12.5 Å². The topological polar surface area (TPSA) is 40.6 Å². The van der Waals surface area contributed by atoms with E-state index in [9.17, 15) is 0 Å². The maximum absolute atomic E-state index is 6.33. The van der Waals surface area contributed by atoms with Crippen LogP contribution in [-0.2, 0) is 20.5 Å². The van der Waals surface area contributed by atoms with E-state index < -0.39 is 8.32 Å². The normalized spacial score (nSPS) is 22.4. The van der Waals surface area contributed by atoms with Crippen LogP contribution < -0.4 is 0 Å². The third-order valence-corrected chi connectivity index (χ3v) is 11.5. The second-order valence-electron chi connectivity index (χ2n) is 8.60. The van der Waals surface area contributed by atoms with Crippen LogP contribution in [0.15, 0.2) is 6.20 Å². The maximum Gasteiger partial charge on any atom is 0.192 e. The second kappa shape index (κ2) is 6.80. The van der Waals surface area contributed by atoms with Crippen molar-refractivity contribution in [2.45, 2.75) is 82.9 Å². The maximum atomic E-state index is 6.33. The third kappa shape index (κ3) is 3.93. The molecule has 1 aromatic rings. The predicted molar refractivity (Wildman–Crippen MR) is 99.9 cm³/mol. The largest absolute Gasteiger partial charge is 0.412 e. The molecule has 1 aliphatic carbocycles. The van der Waals surface area contributed by atoms with Crippen LogP contribution in [0.5, 0.6) is 0 Å². The van der Waals surface area contributed by atoms with Crippen LogP contribution in [0, 0.1) is 0 Å². The zero-order valence-electron chi connectivity index (χ0n) is 15.7. The Kier molecular flexibility index (Phi) is 5.24. The van der Waals surface area contributed by atoms with Crippen LogP contribution in [0.1, 0.15) is 62.3 Å². The van der Waals surface area contributed by atoms with Gasteiger partial charge in [0.15, 0.2) is 14.1 Å². The Morgan fingerprint density at radius 1 is 1.25 bits per heavy atom. The van der Waals surface area contributed by atoms with Gasteiger partial charge in [-0.15, -0.1) is 11.3 Å². The van der Waals surface area contributed by atoms with Crippen molar-refractivity contribution in [3.8, 4) is 0 Å². The summed E-state index contributed by atoms with van der Waals surface area (Å²) >= 11 is 1.83. The second-order valence-corrected chi connectivity index (χ2v) is 14.6. The van der Waals surface area contributed by atoms with Gasteiger partial charge in [-0.2, -0.15) is 0 Å². The molecule has 2 aliphatic rings. The van der Waals surface area contributed by atoms with Crippen LogP contribution in [0.2, 0.25) is 18.1 Å². The minimum Gasteiger partial charge on any atom is -0.412 e. The lowest BCUT2D eigenvalue weighted by molar-refractivity contribution is -0.178. The van der Waals surface area contributed by atoms with Gasteiger partial charge in [0, 0.05) is 29.8 Å². The Balaban J connectivity index is 1.54. The van der Waals surface area contributed by atoms with Crippen LogP contribution in [0.4, 0.5) is 0 Å². The molecule has 1 aliphatic heterocycles. The van der Waals surface area contributed by atoms with Crippen molar-refractivity contribution >= 4 is 19.7 Å². The summed E-state index contributed by atoms with van der Waals surface area (Å²) in [6.45, 7) is 13.6. The number of nitrogens with zero attached hydrogens (tertiary/aromatic N) is 1. The average Bonchev–Trinajstić information content (AvgIpc) is 3.15. The SMILES string of the molecule is CC(C)(C)[Si](C)(C)OCc1cnc(C2CCC3(CC2)OCCO3)s1. The number of ether oxygens (including phenoxy) is 2. The zero-order chi connectivity index (χ0) is 17.4. The molecule has 6 heteroatoms. The number of rotatable bonds is 4. The van der Waals surface area contributed by atoms with Gasteiger partial charge < -0.3 is 13.9 Å². The fraction of sp³-hybridized carbons (Fsp3) is 0.833. The zero-order valence-corrected chi connectivity index (χ0v) is 17.5. The predicted octanol–water partition coefficient (Wildman–Crippen LogP) is 5.07. The standard InChI is InChI=1S/C18H31NO3SSi/c1-17(2,3)24(4,5)22-13-15-12-19-16(23-15)14-6-8-18(9-7-14)20-10-11-21-18/h12,14H,6-11,13H2,1-5H3. The van der Waals surface area contributed by atoms with E-state index in [2.05, 4.69) is 33.9 Å². The summed E-state index contributed by atoms with van der Waals surface area (Å²) in [6, 6.07) is 0. The van der Waals surface area contributed by atoms with Crippen LogP contribution in [-0.4, -0.2) is 32.3 Å². The van der Waals surface area contributed by atoms with Crippen molar-refractivity contribution in [1.82, 2.24) is 4.98 Å².